The van der Waals surface area contributed by atoms with E-state index in [-0.39, 0.29) is 11.2 Å². The van der Waals surface area contributed by atoms with Crippen LogP contribution in [0, 0.1) is 0 Å². The van der Waals surface area contributed by atoms with Crippen LogP contribution < -0.4 is 5.32 Å². The second-order valence-electron chi connectivity index (χ2n) is 5.40. The minimum absolute atomic E-state index is 0.0841. The van der Waals surface area contributed by atoms with Gasteiger partial charge < -0.3 is 5.32 Å². The third-order valence-corrected chi connectivity index (χ3v) is 6.52. The Labute approximate surface area is 168 Å². The van der Waals surface area contributed by atoms with Crippen molar-refractivity contribution in [1.29, 1.82) is 0 Å². The predicted octanol–water partition coefficient (Wildman–Crippen LogP) is 5.91. The molecule has 0 fully saturated rings. The molecule has 134 valence electrons. The summed E-state index contributed by atoms with van der Waals surface area (Å²) in [5.41, 5.74) is 1.13. The molecular weight excluding hydrogens is 393 g/mol. The lowest BCUT2D eigenvalue weighted by molar-refractivity contribution is -0.120. The fraction of sp³-hybridized carbons (Fsp3) is 0.316. The molecule has 2 nitrogen and oxygen atoms in total. The Balaban J connectivity index is 1.71. The number of carbonyl (C=O) groups excluding carboxylic acids is 1. The van der Waals surface area contributed by atoms with Gasteiger partial charge >= 0.3 is 0 Å². The van der Waals surface area contributed by atoms with E-state index in [1.165, 1.54) is 0 Å². The monoisotopic (exact) mass is 413 g/mol. The zero-order chi connectivity index (χ0) is 18.1. The molecule has 2 aromatic rings. The number of benzene rings is 2. The summed E-state index contributed by atoms with van der Waals surface area (Å²) in [6.07, 6.45) is 0.784. The van der Waals surface area contributed by atoms with Gasteiger partial charge in [0.2, 0.25) is 5.91 Å². The van der Waals surface area contributed by atoms with Crippen molar-refractivity contribution in [3.8, 4) is 0 Å². The van der Waals surface area contributed by atoms with Crippen LogP contribution in [0.4, 0.5) is 0 Å². The number of nitrogens with one attached hydrogen (secondary N) is 1. The zero-order valence-corrected chi connectivity index (χ0v) is 17.2. The van der Waals surface area contributed by atoms with E-state index in [2.05, 4.69) is 5.32 Å². The van der Waals surface area contributed by atoms with Crippen molar-refractivity contribution in [3.05, 3.63) is 64.1 Å². The van der Waals surface area contributed by atoms with Crippen LogP contribution in [0.5, 0.6) is 0 Å². The van der Waals surface area contributed by atoms with E-state index >= 15 is 0 Å². The van der Waals surface area contributed by atoms with E-state index < -0.39 is 0 Å². The average Bonchev–Trinajstić information content (AvgIpc) is 2.62. The van der Waals surface area contributed by atoms with Gasteiger partial charge in [0, 0.05) is 33.0 Å². The van der Waals surface area contributed by atoms with Gasteiger partial charge in [0.1, 0.15) is 0 Å². The Morgan fingerprint density at radius 2 is 1.84 bits per heavy atom. The van der Waals surface area contributed by atoms with E-state index in [0.29, 0.717) is 11.6 Å². The number of hydrogen-bond donors (Lipinski definition) is 1. The maximum atomic E-state index is 12.3. The highest BCUT2D eigenvalue weighted by Crippen LogP contribution is 2.27. The van der Waals surface area contributed by atoms with Gasteiger partial charge in [-0.2, -0.15) is 11.8 Å². The molecule has 1 N–H and O–H groups in total. The summed E-state index contributed by atoms with van der Waals surface area (Å²) in [4.78, 5) is 13.4. The zero-order valence-electron chi connectivity index (χ0n) is 14.0. The molecule has 0 aliphatic heterocycles. The van der Waals surface area contributed by atoms with Crippen molar-refractivity contribution in [3.63, 3.8) is 0 Å². The van der Waals surface area contributed by atoms with Crippen LogP contribution >= 0.6 is 46.7 Å². The van der Waals surface area contributed by atoms with Gasteiger partial charge in [-0.15, -0.1) is 11.8 Å². The number of thioether (sulfide) groups is 2. The third kappa shape index (κ3) is 7.14. The third-order valence-electron chi connectivity index (χ3n) is 3.52. The number of carbonyl (C=O) groups is 1. The topological polar surface area (TPSA) is 29.1 Å². The number of halogens is 2. The lowest BCUT2D eigenvalue weighted by atomic mass is 10.2. The highest BCUT2D eigenvalue weighted by atomic mass is 35.5. The Hall–Kier alpha value is -0.810. The molecule has 0 saturated carbocycles. The second-order valence-corrected chi connectivity index (χ2v) is 8.63. The summed E-state index contributed by atoms with van der Waals surface area (Å²) in [6, 6.07) is 15.4. The summed E-state index contributed by atoms with van der Waals surface area (Å²) in [7, 11) is 0. The van der Waals surface area contributed by atoms with Crippen molar-refractivity contribution >= 4 is 52.6 Å². The SMILES string of the molecule is CCC(Sc1ccc(Cl)cc1)C(=O)NCCSCc1ccccc1Cl. The fourth-order valence-electron chi connectivity index (χ4n) is 2.16. The van der Waals surface area contributed by atoms with E-state index in [4.69, 9.17) is 23.2 Å². The molecule has 0 aliphatic rings. The minimum Gasteiger partial charge on any atom is -0.354 e. The first-order valence-corrected chi connectivity index (χ1v) is 10.9. The summed E-state index contributed by atoms with van der Waals surface area (Å²) >= 11 is 15.4. The predicted molar refractivity (Wildman–Crippen MR) is 112 cm³/mol. The lowest BCUT2D eigenvalue weighted by Gasteiger charge is -2.14. The van der Waals surface area contributed by atoms with Crippen LogP contribution in [0.25, 0.3) is 0 Å². The van der Waals surface area contributed by atoms with Crippen molar-refractivity contribution in [2.24, 2.45) is 0 Å². The van der Waals surface area contributed by atoms with Gasteiger partial charge in [-0.1, -0.05) is 48.3 Å². The van der Waals surface area contributed by atoms with E-state index in [9.17, 15) is 4.79 Å². The Morgan fingerprint density at radius 3 is 2.52 bits per heavy atom. The van der Waals surface area contributed by atoms with Crippen LogP contribution in [-0.2, 0) is 10.5 Å². The van der Waals surface area contributed by atoms with Crippen molar-refractivity contribution in [1.82, 2.24) is 5.32 Å². The van der Waals surface area contributed by atoms with Gasteiger partial charge in [-0.3, -0.25) is 4.79 Å². The summed E-state index contributed by atoms with van der Waals surface area (Å²) < 4.78 is 0. The maximum Gasteiger partial charge on any atom is 0.233 e. The molecule has 0 aliphatic carbocycles. The summed E-state index contributed by atoms with van der Waals surface area (Å²) in [6.45, 7) is 2.69. The number of amides is 1. The quantitative estimate of drug-likeness (QED) is 0.408. The molecule has 1 atom stereocenters. The van der Waals surface area contributed by atoms with Crippen LogP contribution in [0.1, 0.15) is 18.9 Å². The molecule has 0 heterocycles. The second kappa shape index (κ2) is 11.0. The van der Waals surface area contributed by atoms with Crippen LogP contribution in [0.15, 0.2) is 53.4 Å². The minimum atomic E-state index is -0.0882. The van der Waals surface area contributed by atoms with Gasteiger partial charge in [-0.25, -0.2) is 0 Å². The first-order valence-electron chi connectivity index (χ1n) is 8.11. The molecule has 2 rings (SSSR count). The Kier molecular flexibility index (Phi) is 9.04. The Morgan fingerprint density at radius 1 is 1.12 bits per heavy atom. The highest BCUT2D eigenvalue weighted by Gasteiger charge is 2.17. The molecule has 0 radical (unpaired) electrons. The fourth-order valence-corrected chi connectivity index (χ4v) is 4.41. The first kappa shape index (κ1) is 20.5. The smallest absolute Gasteiger partial charge is 0.233 e. The van der Waals surface area contributed by atoms with Gasteiger partial charge in [0.25, 0.3) is 0 Å². The molecule has 1 unspecified atom stereocenters. The van der Waals surface area contributed by atoms with E-state index in [0.717, 1.165) is 33.4 Å². The molecule has 2 aromatic carbocycles. The number of rotatable bonds is 9. The summed E-state index contributed by atoms with van der Waals surface area (Å²) in [5, 5.41) is 4.44. The van der Waals surface area contributed by atoms with Gasteiger partial charge in [0.15, 0.2) is 0 Å². The van der Waals surface area contributed by atoms with Crippen LogP contribution in [0.2, 0.25) is 10.0 Å². The number of hydrogen-bond acceptors (Lipinski definition) is 3. The van der Waals surface area contributed by atoms with E-state index in [1.54, 1.807) is 23.5 Å². The molecule has 0 bridgehead atoms. The van der Waals surface area contributed by atoms with Crippen molar-refractivity contribution in [2.45, 2.75) is 29.2 Å². The molecule has 0 aromatic heterocycles. The molecule has 1 amide bonds. The highest BCUT2D eigenvalue weighted by molar-refractivity contribution is 8.00. The largest absolute Gasteiger partial charge is 0.354 e. The van der Waals surface area contributed by atoms with Gasteiger partial charge in [0.05, 0.1) is 5.25 Å². The molecule has 6 heteroatoms. The Bertz CT molecular complexity index is 679. The van der Waals surface area contributed by atoms with Crippen molar-refractivity contribution < 1.29 is 4.79 Å². The molecule has 0 saturated heterocycles. The molecule has 0 spiro atoms. The van der Waals surface area contributed by atoms with Crippen LogP contribution in [0.3, 0.4) is 0 Å². The molecule has 25 heavy (non-hydrogen) atoms. The van der Waals surface area contributed by atoms with Crippen LogP contribution in [-0.4, -0.2) is 23.5 Å². The van der Waals surface area contributed by atoms with Gasteiger partial charge in [-0.05, 0) is 42.3 Å². The molecular formula is C19H21Cl2NOS2. The summed E-state index contributed by atoms with van der Waals surface area (Å²) in [5.74, 6) is 1.80. The first-order chi connectivity index (χ1) is 12.1. The normalized spacial score (nSPS) is 12.0. The maximum absolute atomic E-state index is 12.3. The van der Waals surface area contributed by atoms with E-state index in [1.807, 2.05) is 55.5 Å². The standard InChI is InChI=1S/C19H21Cl2NOS2/c1-2-18(25-16-9-7-15(20)8-10-16)19(23)22-11-12-24-13-14-5-3-4-6-17(14)21/h3-10,18H,2,11-13H2,1H3,(H,22,23). The average molecular weight is 414 g/mol. The van der Waals surface area contributed by atoms with Crippen molar-refractivity contribution in [2.75, 3.05) is 12.3 Å². The lowest BCUT2D eigenvalue weighted by Crippen LogP contribution is -2.33.